The molecule has 0 aromatic rings. The average Bonchev–Trinajstić information content (AvgIpc) is 2.84. The first kappa shape index (κ1) is 10.4. The molecule has 1 fully saturated rings. The van der Waals surface area contributed by atoms with Crippen LogP contribution in [0.5, 0.6) is 0 Å². The predicted octanol–water partition coefficient (Wildman–Crippen LogP) is 1.32. The van der Waals surface area contributed by atoms with E-state index in [4.69, 9.17) is 10.8 Å². The summed E-state index contributed by atoms with van der Waals surface area (Å²) >= 11 is 0. The van der Waals surface area contributed by atoms with Crippen LogP contribution in [-0.2, 0) is 4.79 Å². The summed E-state index contributed by atoms with van der Waals surface area (Å²) in [6, 6.07) is 0. The number of hydrogen-bond donors (Lipinski definition) is 2. The number of nitrogens with two attached hydrogens (primary N) is 1. The van der Waals surface area contributed by atoms with Crippen LogP contribution in [0.2, 0.25) is 0 Å². The highest BCUT2D eigenvalue weighted by molar-refractivity contribution is 5.78. The molecule has 0 saturated heterocycles. The van der Waals surface area contributed by atoms with Crippen LogP contribution in [0.3, 0.4) is 0 Å². The van der Waals surface area contributed by atoms with Crippen molar-refractivity contribution in [2.24, 2.45) is 11.7 Å². The molecule has 1 aliphatic rings. The van der Waals surface area contributed by atoms with Gasteiger partial charge in [0.15, 0.2) is 0 Å². The number of alkyl halides is 1. The van der Waals surface area contributed by atoms with Crippen molar-refractivity contribution in [2.45, 2.75) is 37.6 Å². The second kappa shape index (κ2) is 4.05. The van der Waals surface area contributed by atoms with Crippen LogP contribution in [0.4, 0.5) is 4.39 Å². The largest absolute Gasteiger partial charge is 0.480 e. The van der Waals surface area contributed by atoms with Gasteiger partial charge >= 0.3 is 5.97 Å². The zero-order valence-corrected chi connectivity index (χ0v) is 7.63. The van der Waals surface area contributed by atoms with Crippen LogP contribution < -0.4 is 5.73 Å². The lowest BCUT2D eigenvalue weighted by Gasteiger charge is -2.23. The van der Waals surface area contributed by atoms with Gasteiger partial charge in [0.2, 0.25) is 0 Å². The Hall–Kier alpha value is -0.640. The molecule has 0 unspecified atom stereocenters. The van der Waals surface area contributed by atoms with Crippen molar-refractivity contribution in [1.29, 1.82) is 0 Å². The molecule has 0 aromatic carbocycles. The number of aliphatic carboxylic acids is 1. The van der Waals surface area contributed by atoms with Crippen molar-refractivity contribution in [2.75, 3.05) is 6.67 Å². The number of carbonyl (C=O) groups is 1. The standard InChI is InChI=1S/C9H16FNO2/c10-5-1-4-9(11,8(12)13)6-7-2-3-7/h7H,1-6,11H2,(H,12,13)/t9-/m0/s1. The van der Waals surface area contributed by atoms with E-state index in [2.05, 4.69) is 0 Å². The first-order valence-electron chi connectivity index (χ1n) is 4.67. The Balaban J connectivity index is 2.45. The molecule has 1 rings (SSSR count). The summed E-state index contributed by atoms with van der Waals surface area (Å²) in [4.78, 5) is 10.8. The van der Waals surface area contributed by atoms with Gasteiger partial charge in [-0.2, -0.15) is 0 Å². The van der Waals surface area contributed by atoms with Crippen LogP contribution in [0.1, 0.15) is 32.1 Å². The quantitative estimate of drug-likeness (QED) is 0.662. The summed E-state index contributed by atoms with van der Waals surface area (Å²) in [7, 11) is 0. The number of carboxylic acid groups (broad SMARTS) is 1. The highest BCUT2D eigenvalue weighted by atomic mass is 19.1. The minimum absolute atomic E-state index is 0.245. The summed E-state index contributed by atoms with van der Waals surface area (Å²) in [5.74, 6) is -0.534. The maximum atomic E-state index is 11.9. The van der Waals surface area contributed by atoms with Crippen LogP contribution in [0.25, 0.3) is 0 Å². The maximum Gasteiger partial charge on any atom is 0.323 e. The molecule has 1 aliphatic carbocycles. The molecule has 3 N–H and O–H groups in total. The zero-order valence-electron chi connectivity index (χ0n) is 7.63. The van der Waals surface area contributed by atoms with Crippen molar-refractivity contribution in [3.63, 3.8) is 0 Å². The van der Waals surface area contributed by atoms with E-state index in [1.54, 1.807) is 0 Å². The fourth-order valence-electron chi connectivity index (χ4n) is 1.52. The zero-order chi connectivity index (χ0) is 9.90. The average molecular weight is 189 g/mol. The summed E-state index contributed by atoms with van der Waals surface area (Å²) in [5.41, 5.74) is 4.51. The molecular formula is C9H16FNO2. The highest BCUT2D eigenvalue weighted by Gasteiger charge is 2.39. The van der Waals surface area contributed by atoms with Crippen LogP contribution in [0, 0.1) is 5.92 Å². The lowest BCUT2D eigenvalue weighted by Crippen LogP contribution is -2.48. The molecule has 13 heavy (non-hydrogen) atoms. The molecule has 76 valence electrons. The summed E-state index contributed by atoms with van der Waals surface area (Å²) in [5, 5.41) is 8.89. The van der Waals surface area contributed by atoms with Crippen molar-refractivity contribution < 1.29 is 14.3 Å². The van der Waals surface area contributed by atoms with Gasteiger partial charge in [-0.1, -0.05) is 12.8 Å². The monoisotopic (exact) mass is 189 g/mol. The van der Waals surface area contributed by atoms with Crippen molar-refractivity contribution in [3.8, 4) is 0 Å². The Kier molecular flexibility index (Phi) is 3.25. The molecule has 0 heterocycles. The summed E-state index contributed by atoms with van der Waals surface area (Å²) in [6.07, 6.45) is 3.14. The Morgan fingerprint density at radius 3 is 2.62 bits per heavy atom. The number of rotatable bonds is 6. The first-order chi connectivity index (χ1) is 6.08. The second-order valence-corrected chi connectivity index (χ2v) is 3.90. The predicted molar refractivity (Wildman–Crippen MR) is 47.1 cm³/mol. The van der Waals surface area contributed by atoms with E-state index >= 15 is 0 Å². The smallest absolute Gasteiger partial charge is 0.323 e. The molecule has 0 aromatic heterocycles. The molecule has 0 aliphatic heterocycles. The number of halogens is 1. The lowest BCUT2D eigenvalue weighted by atomic mass is 9.89. The molecule has 4 heteroatoms. The van der Waals surface area contributed by atoms with E-state index in [-0.39, 0.29) is 12.8 Å². The van der Waals surface area contributed by atoms with Gasteiger partial charge < -0.3 is 10.8 Å². The van der Waals surface area contributed by atoms with E-state index in [9.17, 15) is 9.18 Å². The third-order valence-corrected chi connectivity index (χ3v) is 2.53. The van der Waals surface area contributed by atoms with E-state index in [1.807, 2.05) is 0 Å². The maximum absolute atomic E-state index is 11.9. The van der Waals surface area contributed by atoms with Crippen LogP contribution >= 0.6 is 0 Å². The molecule has 0 radical (unpaired) electrons. The van der Waals surface area contributed by atoms with Gasteiger partial charge in [-0.3, -0.25) is 9.18 Å². The van der Waals surface area contributed by atoms with Gasteiger partial charge in [0.1, 0.15) is 5.54 Å². The molecule has 1 saturated carbocycles. The van der Waals surface area contributed by atoms with Crippen molar-refractivity contribution in [1.82, 2.24) is 0 Å². The summed E-state index contributed by atoms with van der Waals surface area (Å²) in [6.45, 7) is -0.489. The van der Waals surface area contributed by atoms with Crippen molar-refractivity contribution in [3.05, 3.63) is 0 Å². The Morgan fingerprint density at radius 2 is 2.23 bits per heavy atom. The molecule has 1 atom stereocenters. The molecule has 0 bridgehead atoms. The second-order valence-electron chi connectivity index (χ2n) is 3.90. The van der Waals surface area contributed by atoms with Crippen LogP contribution in [-0.4, -0.2) is 23.3 Å². The van der Waals surface area contributed by atoms with E-state index < -0.39 is 18.2 Å². The minimum Gasteiger partial charge on any atom is -0.480 e. The van der Waals surface area contributed by atoms with Gasteiger partial charge in [0, 0.05) is 0 Å². The molecular weight excluding hydrogens is 173 g/mol. The van der Waals surface area contributed by atoms with Gasteiger partial charge in [-0.05, 0) is 25.2 Å². The van der Waals surface area contributed by atoms with Gasteiger partial charge in [-0.25, -0.2) is 0 Å². The van der Waals surface area contributed by atoms with Gasteiger partial charge in [0.05, 0.1) is 6.67 Å². The molecule has 0 amide bonds. The fourth-order valence-corrected chi connectivity index (χ4v) is 1.52. The first-order valence-corrected chi connectivity index (χ1v) is 4.67. The third-order valence-electron chi connectivity index (χ3n) is 2.53. The Bertz CT molecular complexity index is 194. The number of carboxylic acids is 1. The highest BCUT2D eigenvalue weighted by Crippen LogP contribution is 2.37. The van der Waals surface area contributed by atoms with Gasteiger partial charge in [-0.15, -0.1) is 0 Å². The minimum atomic E-state index is -1.19. The van der Waals surface area contributed by atoms with Crippen LogP contribution in [0.15, 0.2) is 0 Å². The molecule has 0 spiro atoms. The number of hydrogen-bond acceptors (Lipinski definition) is 2. The Labute approximate surface area is 77.1 Å². The Morgan fingerprint density at radius 1 is 1.62 bits per heavy atom. The van der Waals surface area contributed by atoms with E-state index in [0.717, 1.165) is 12.8 Å². The van der Waals surface area contributed by atoms with Gasteiger partial charge in [0.25, 0.3) is 0 Å². The summed E-state index contributed by atoms with van der Waals surface area (Å²) < 4.78 is 11.9. The molecule has 3 nitrogen and oxygen atoms in total. The normalized spacial score (nSPS) is 21.1. The topological polar surface area (TPSA) is 63.3 Å². The third kappa shape index (κ3) is 2.95. The fraction of sp³-hybridized carbons (Fsp3) is 0.889. The SMILES string of the molecule is N[C@@](CCCF)(CC1CC1)C(=O)O. The van der Waals surface area contributed by atoms with E-state index in [0.29, 0.717) is 12.3 Å². The lowest BCUT2D eigenvalue weighted by molar-refractivity contribution is -0.144. The van der Waals surface area contributed by atoms with E-state index in [1.165, 1.54) is 0 Å². The van der Waals surface area contributed by atoms with Crippen molar-refractivity contribution >= 4 is 5.97 Å².